The molecule has 2 aliphatic heterocycles. The second kappa shape index (κ2) is 6.43. The lowest BCUT2D eigenvalue weighted by molar-refractivity contribution is -0.142. The van der Waals surface area contributed by atoms with Gasteiger partial charge in [0, 0.05) is 25.7 Å². The van der Waals surface area contributed by atoms with Gasteiger partial charge in [-0.15, -0.1) is 0 Å². The van der Waals surface area contributed by atoms with E-state index < -0.39 is 11.9 Å². The van der Waals surface area contributed by atoms with Gasteiger partial charge in [-0.2, -0.15) is 0 Å². The van der Waals surface area contributed by atoms with E-state index in [4.69, 9.17) is 5.11 Å². The van der Waals surface area contributed by atoms with E-state index >= 15 is 0 Å². The van der Waals surface area contributed by atoms with E-state index in [2.05, 4.69) is 17.3 Å². The smallest absolute Gasteiger partial charge is 0.317 e. The number of carboxylic acids is 1. The predicted octanol–water partition coefficient (Wildman–Crippen LogP) is 0.833. The van der Waals surface area contributed by atoms with Crippen molar-refractivity contribution in [3.63, 3.8) is 0 Å². The van der Waals surface area contributed by atoms with Crippen LogP contribution >= 0.6 is 0 Å². The SMILES string of the molecule is CC1CN(C(=O)NCC2CCCCN2C)CC1C(=O)O. The standard InChI is InChI=1S/C14H25N3O3/c1-10-8-17(9-12(10)13(18)19)14(20)15-7-11-5-3-4-6-16(11)2/h10-12H,3-9H2,1-2H3,(H,15,20)(H,18,19). The van der Waals surface area contributed by atoms with Gasteiger partial charge < -0.3 is 20.2 Å². The van der Waals surface area contributed by atoms with Gasteiger partial charge in [0.05, 0.1) is 5.92 Å². The van der Waals surface area contributed by atoms with Crippen LogP contribution in [0.25, 0.3) is 0 Å². The molecule has 2 rings (SSSR count). The van der Waals surface area contributed by atoms with E-state index in [1.165, 1.54) is 12.8 Å². The van der Waals surface area contributed by atoms with Crippen LogP contribution in [0.1, 0.15) is 26.2 Å². The molecule has 0 spiro atoms. The quantitative estimate of drug-likeness (QED) is 0.805. The number of aliphatic carboxylic acids is 1. The summed E-state index contributed by atoms with van der Waals surface area (Å²) >= 11 is 0. The fourth-order valence-corrected chi connectivity index (χ4v) is 3.17. The first-order chi connectivity index (χ1) is 9.49. The Morgan fingerprint density at radius 1 is 1.30 bits per heavy atom. The van der Waals surface area contributed by atoms with Crippen LogP contribution < -0.4 is 5.32 Å². The number of carboxylic acid groups (broad SMARTS) is 1. The van der Waals surface area contributed by atoms with Crippen LogP contribution in [0, 0.1) is 11.8 Å². The van der Waals surface area contributed by atoms with Gasteiger partial charge in [0.1, 0.15) is 0 Å². The molecule has 6 nitrogen and oxygen atoms in total. The van der Waals surface area contributed by atoms with Gasteiger partial charge in [0.25, 0.3) is 0 Å². The molecule has 2 aliphatic rings. The summed E-state index contributed by atoms with van der Waals surface area (Å²) in [5.74, 6) is -1.21. The molecule has 114 valence electrons. The highest BCUT2D eigenvalue weighted by atomic mass is 16.4. The summed E-state index contributed by atoms with van der Waals surface area (Å²) < 4.78 is 0. The lowest BCUT2D eigenvalue weighted by Crippen LogP contribution is -2.47. The van der Waals surface area contributed by atoms with Crippen molar-refractivity contribution in [1.82, 2.24) is 15.1 Å². The molecule has 0 saturated carbocycles. The van der Waals surface area contributed by atoms with Crippen LogP contribution in [0.2, 0.25) is 0 Å². The Kier molecular flexibility index (Phi) is 4.86. The van der Waals surface area contributed by atoms with Gasteiger partial charge in [-0.25, -0.2) is 4.79 Å². The zero-order valence-corrected chi connectivity index (χ0v) is 12.3. The Labute approximate surface area is 120 Å². The number of carbonyl (C=O) groups excluding carboxylic acids is 1. The highest BCUT2D eigenvalue weighted by Gasteiger charge is 2.37. The van der Waals surface area contributed by atoms with Gasteiger partial charge >= 0.3 is 12.0 Å². The van der Waals surface area contributed by atoms with Crippen molar-refractivity contribution in [3.8, 4) is 0 Å². The minimum Gasteiger partial charge on any atom is -0.481 e. The molecular formula is C14H25N3O3. The maximum atomic E-state index is 12.1. The number of urea groups is 1. The number of hydrogen-bond donors (Lipinski definition) is 2. The van der Waals surface area contributed by atoms with E-state index in [1.54, 1.807) is 4.90 Å². The minimum absolute atomic E-state index is 0.0237. The van der Waals surface area contributed by atoms with Crippen LogP contribution in [-0.4, -0.2) is 66.2 Å². The number of nitrogens with one attached hydrogen (secondary N) is 1. The van der Waals surface area contributed by atoms with Crippen molar-refractivity contribution >= 4 is 12.0 Å². The van der Waals surface area contributed by atoms with Gasteiger partial charge in [0.2, 0.25) is 0 Å². The fraction of sp³-hybridized carbons (Fsp3) is 0.857. The molecule has 0 radical (unpaired) electrons. The normalized spacial score (nSPS) is 31.3. The topological polar surface area (TPSA) is 72.9 Å². The summed E-state index contributed by atoms with van der Waals surface area (Å²) in [6.45, 7) is 4.48. The van der Waals surface area contributed by atoms with Crippen molar-refractivity contribution < 1.29 is 14.7 Å². The Morgan fingerprint density at radius 3 is 2.65 bits per heavy atom. The molecule has 0 aliphatic carbocycles. The molecule has 0 aromatic rings. The average molecular weight is 283 g/mol. The Balaban J connectivity index is 1.79. The number of rotatable bonds is 3. The lowest BCUT2D eigenvalue weighted by atomic mass is 9.99. The number of likely N-dealkylation sites (tertiary alicyclic amines) is 2. The zero-order valence-electron chi connectivity index (χ0n) is 12.3. The van der Waals surface area contributed by atoms with Crippen LogP contribution in [0.4, 0.5) is 4.79 Å². The first-order valence-corrected chi connectivity index (χ1v) is 7.45. The molecule has 3 atom stereocenters. The van der Waals surface area contributed by atoms with E-state index in [9.17, 15) is 9.59 Å². The molecular weight excluding hydrogens is 258 g/mol. The van der Waals surface area contributed by atoms with Gasteiger partial charge in [-0.05, 0) is 32.4 Å². The average Bonchev–Trinajstić information content (AvgIpc) is 2.80. The first-order valence-electron chi connectivity index (χ1n) is 7.45. The van der Waals surface area contributed by atoms with Gasteiger partial charge in [-0.1, -0.05) is 13.3 Å². The number of amides is 2. The molecule has 0 aromatic heterocycles. The highest BCUT2D eigenvalue weighted by Crippen LogP contribution is 2.23. The lowest BCUT2D eigenvalue weighted by Gasteiger charge is -2.33. The minimum atomic E-state index is -0.806. The molecule has 2 heterocycles. The summed E-state index contributed by atoms with van der Waals surface area (Å²) in [6.07, 6.45) is 3.56. The summed E-state index contributed by atoms with van der Waals surface area (Å²) in [7, 11) is 2.09. The molecule has 2 N–H and O–H groups in total. The number of piperidine rings is 1. The van der Waals surface area contributed by atoms with Crippen LogP contribution in [0.15, 0.2) is 0 Å². The fourth-order valence-electron chi connectivity index (χ4n) is 3.17. The highest BCUT2D eigenvalue weighted by molar-refractivity contribution is 5.77. The Bertz CT molecular complexity index is 375. The summed E-state index contributed by atoms with van der Waals surface area (Å²) in [5, 5.41) is 12.0. The molecule has 2 fully saturated rings. The third kappa shape index (κ3) is 3.42. The van der Waals surface area contributed by atoms with Crippen LogP contribution in [0.3, 0.4) is 0 Å². The summed E-state index contributed by atoms with van der Waals surface area (Å²) in [4.78, 5) is 27.1. The molecule has 0 aromatic carbocycles. The summed E-state index contributed by atoms with van der Waals surface area (Å²) in [5.41, 5.74) is 0. The number of likely N-dealkylation sites (N-methyl/N-ethyl adjacent to an activating group) is 1. The van der Waals surface area contributed by atoms with E-state index in [0.29, 0.717) is 25.7 Å². The van der Waals surface area contributed by atoms with Crippen molar-refractivity contribution in [3.05, 3.63) is 0 Å². The van der Waals surface area contributed by atoms with E-state index in [1.807, 2.05) is 6.92 Å². The summed E-state index contributed by atoms with van der Waals surface area (Å²) in [6, 6.07) is 0.280. The van der Waals surface area contributed by atoms with Gasteiger partial charge in [0.15, 0.2) is 0 Å². The van der Waals surface area contributed by atoms with Crippen molar-refractivity contribution in [2.24, 2.45) is 11.8 Å². The van der Waals surface area contributed by atoms with Crippen molar-refractivity contribution in [2.75, 3.05) is 33.2 Å². The molecule has 3 unspecified atom stereocenters. The maximum Gasteiger partial charge on any atom is 0.317 e. The monoisotopic (exact) mass is 283 g/mol. The second-order valence-electron chi connectivity index (χ2n) is 6.14. The third-order valence-electron chi connectivity index (χ3n) is 4.63. The van der Waals surface area contributed by atoms with E-state index in [0.717, 1.165) is 13.0 Å². The van der Waals surface area contributed by atoms with Crippen molar-refractivity contribution in [2.45, 2.75) is 32.2 Å². The van der Waals surface area contributed by atoms with Crippen LogP contribution in [0.5, 0.6) is 0 Å². The molecule has 6 heteroatoms. The molecule has 20 heavy (non-hydrogen) atoms. The van der Waals surface area contributed by atoms with Crippen molar-refractivity contribution in [1.29, 1.82) is 0 Å². The molecule has 2 saturated heterocycles. The Hall–Kier alpha value is -1.30. The largest absolute Gasteiger partial charge is 0.481 e. The Morgan fingerprint density at radius 2 is 2.05 bits per heavy atom. The third-order valence-corrected chi connectivity index (χ3v) is 4.63. The molecule has 2 amide bonds. The number of nitrogens with zero attached hydrogens (tertiary/aromatic N) is 2. The second-order valence-corrected chi connectivity index (χ2v) is 6.14. The number of hydrogen-bond acceptors (Lipinski definition) is 3. The van der Waals surface area contributed by atoms with Gasteiger partial charge in [-0.3, -0.25) is 4.79 Å². The maximum absolute atomic E-state index is 12.1. The molecule has 0 bridgehead atoms. The van der Waals surface area contributed by atoms with Crippen LogP contribution in [-0.2, 0) is 4.79 Å². The van der Waals surface area contributed by atoms with E-state index in [-0.39, 0.29) is 11.9 Å². The number of carbonyl (C=O) groups is 2. The first kappa shape index (κ1) is 15.1. The predicted molar refractivity (Wildman–Crippen MR) is 75.5 cm³/mol. The zero-order chi connectivity index (χ0) is 14.7.